The van der Waals surface area contributed by atoms with E-state index in [1.807, 2.05) is 48.5 Å². The Morgan fingerprint density at radius 1 is 1.21 bits per heavy atom. The number of aliphatic hydroxyl groups is 1. The maximum Gasteiger partial charge on any atom is 0.0958 e. The lowest BCUT2D eigenvalue weighted by Crippen LogP contribution is -2.26. The maximum atomic E-state index is 10.9. The van der Waals surface area contributed by atoms with E-state index in [0.29, 0.717) is 17.9 Å². The maximum absolute atomic E-state index is 10.9. The molecule has 0 bridgehead atoms. The number of rotatable bonds is 2. The topological polar surface area (TPSA) is 46.2 Å². The molecule has 98 valence electrons. The van der Waals surface area contributed by atoms with E-state index in [1.54, 1.807) is 0 Å². The Hall–Kier alpha value is -1.35. The van der Waals surface area contributed by atoms with Gasteiger partial charge in [0.05, 0.1) is 5.60 Å². The summed E-state index contributed by atoms with van der Waals surface area (Å²) in [7, 11) is 0. The standard InChI is InChI=1S/C16H16ClNO/c17-12-5-3-4-11(8-12)9-16(19)10-15(18)13-6-1-2-7-14(13)16/h1-8,15,19H,9-10,18H2. The number of fused-ring (bicyclic) bond motifs is 1. The summed E-state index contributed by atoms with van der Waals surface area (Å²) in [6.07, 6.45) is 1.09. The van der Waals surface area contributed by atoms with Crippen molar-refractivity contribution in [2.24, 2.45) is 5.73 Å². The minimum Gasteiger partial charge on any atom is -0.385 e. The van der Waals surface area contributed by atoms with Gasteiger partial charge in [-0.15, -0.1) is 0 Å². The molecule has 0 radical (unpaired) electrons. The van der Waals surface area contributed by atoms with Crippen molar-refractivity contribution in [3.63, 3.8) is 0 Å². The van der Waals surface area contributed by atoms with Crippen LogP contribution in [0.2, 0.25) is 5.02 Å². The normalized spacial score (nSPS) is 25.3. The predicted octanol–water partition coefficient (Wildman–Crippen LogP) is 3.17. The molecule has 0 saturated carbocycles. The van der Waals surface area contributed by atoms with E-state index in [1.165, 1.54) is 0 Å². The van der Waals surface area contributed by atoms with E-state index >= 15 is 0 Å². The molecule has 3 N–H and O–H groups in total. The SMILES string of the molecule is NC1CC(O)(Cc2cccc(Cl)c2)c2ccccc21. The summed E-state index contributed by atoms with van der Waals surface area (Å²) in [5.74, 6) is 0. The zero-order chi connectivity index (χ0) is 13.5. The van der Waals surface area contributed by atoms with E-state index < -0.39 is 5.60 Å². The van der Waals surface area contributed by atoms with Crippen molar-refractivity contribution in [1.82, 2.24) is 0 Å². The fourth-order valence-corrected chi connectivity index (χ4v) is 3.19. The summed E-state index contributed by atoms with van der Waals surface area (Å²) in [5, 5.41) is 11.6. The number of halogens is 1. The van der Waals surface area contributed by atoms with Gasteiger partial charge in [-0.2, -0.15) is 0 Å². The third kappa shape index (κ3) is 2.27. The summed E-state index contributed by atoms with van der Waals surface area (Å²) in [6, 6.07) is 15.4. The Bertz CT molecular complexity index is 613. The molecule has 2 atom stereocenters. The van der Waals surface area contributed by atoms with Crippen LogP contribution in [0.1, 0.15) is 29.2 Å². The van der Waals surface area contributed by atoms with Gasteiger partial charge in [-0.3, -0.25) is 0 Å². The quantitative estimate of drug-likeness (QED) is 0.883. The van der Waals surface area contributed by atoms with Gasteiger partial charge in [0.1, 0.15) is 0 Å². The van der Waals surface area contributed by atoms with Crippen molar-refractivity contribution in [2.75, 3.05) is 0 Å². The zero-order valence-electron chi connectivity index (χ0n) is 10.5. The molecule has 0 aliphatic heterocycles. The lowest BCUT2D eigenvalue weighted by atomic mass is 9.89. The Balaban J connectivity index is 1.97. The van der Waals surface area contributed by atoms with E-state index in [9.17, 15) is 5.11 Å². The van der Waals surface area contributed by atoms with Gasteiger partial charge in [0.15, 0.2) is 0 Å². The van der Waals surface area contributed by atoms with Gasteiger partial charge in [-0.25, -0.2) is 0 Å². The Labute approximate surface area is 117 Å². The van der Waals surface area contributed by atoms with E-state index in [-0.39, 0.29) is 6.04 Å². The van der Waals surface area contributed by atoms with Crippen LogP contribution in [0.15, 0.2) is 48.5 Å². The smallest absolute Gasteiger partial charge is 0.0958 e. The number of hydrogen-bond acceptors (Lipinski definition) is 2. The molecule has 0 fully saturated rings. The van der Waals surface area contributed by atoms with E-state index in [2.05, 4.69) is 0 Å². The van der Waals surface area contributed by atoms with E-state index in [4.69, 9.17) is 17.3 Å². The minimum atomic E-state index is -0.888. The molecule has 1 aliphatic rings. The van der Waals surface area contributed by atoms with Crippen molar-refractivity contribution < 1.29 is 5.11 Å². The van der Waals surface area contributed by atoms with Gasteiger partial charge in [0.25, 0.3) is 0 Å². The van der Waals surface area contributed by atoms with Gasteiger partial charge in [0, 0.05) is 17.5 Å². The van der Waals surface area contributed by atoms with Gasteiger partial charge in [-0.05, 0) is 35.2 Å². The summed E-state index contributed by atoms with van der Waals surface area (Å²) in [4.78, 5) is 0. The van der Waals surface area contributed by atoms with Crippen LogP contribution in [-0.2, 0) is 12.0 Å². The average molecular weight is 274 g/mol. The first-order valence-corrected chi connectivity index (χ1v) is 6.78. The van der Waals surface area contributed by atoms with Gasteiger partial charge in [-0.1, -0.05) is 48.0 Å². The molecule has 2 aromatic carbocycles. The lowest BCUT2D eigenvalue weighted by Gasteiger charge is -2.24. The fraction of sp³-hybridized carbons (Fsp3) is 0.250. The third-order valence-electron chi connectivity index (χ3n) is 3.80. The Morgan fingerprint density at radius 2 is 2.00 bits per heavy atom. The lowest BCUT2D eigenvalue weighted by molar-refractivity contribution is 0.0342. The molecule has 0 saturated heterocycles. The molecule has 3 rings (SSSR count). The summed E-state index contributed by atoms with van der Waals surface area (Å²) in [6.45, 7) is 0. The van der Waals surface area contributed by atoms with Crippen LogP contribution < -0.4 is 5.73 Å². The number of hydrogen-bond donors (Lipinski definition) is 2. The number of nitrogens with two attached hydrogens (primary N) is 1. The second-order valence-corrected chi connectivity index (χ2v) is 5.67. The molecule has 2 nitrogen and oxygen atoms in total. The van der Waals surface area contributed by atoms with Crippen molar-refractivity contribution in [1.29, 1.82) is 0 Å². The second-order valence-electron chi connectivity index (χ2n) is 5.24. The highest BCUT2D eigenvalue weighted by molar-refractivity contribution is 6.30. The molecule has 3 heteroatoms. The molecule has 2 unspecified atom stereocenters. The predicted molar refractivity (Wildman–Crippen MR) is 77.0 cm³/mol. The van der Waals surface area contributed by atoms with Crippen LogP contribution in [0.25, 0.3) is 0 Å². The Kier molecular flexibility index (Phi) is 3.09. The Morgan fingerprint density at radius 3 is 2.79 bits per heavy atom. The first kappa shape index (κ1) is 12.7. The van der Waals surface area contributed by atoms with Gasteiger partial charge in [0.2, 0.25) is 0 Å². The monoisotopic (exact) mass is 273 g/mol. The molecule has 1 aliphatic carbocycles. The molecular formula is C16H16ClNO. The van der Waals surface area contributed by atoms with Crippen LogP contribution in [0.3, 0.4) is 0 Å². The van der Waals surface area contributed by atoms with Gasteiger partial charge < -0.3 is 10.8 Å². The van der Waals surface area contributed by atoms with Gasteiger partial charge >= 0.3 is 0 Å². The van der Waals surface area contributed by atoms with Crippen LogP contribution in [0.5, 0.6) is 0 Å². The van der Waals surface area contributed by atoms with Crippen molar-refractivity contribution >= 4 is 11.6 Å². The molecule has 2 aromatic rings. The first-order chi connectivity index (χ1) is 9.08. The van der Waals surface area contributed by atoms with E-state index in [0.717, 1.165) is 16.7 Å². The molecule has 19 heavy (non-hydrogen) atoms. The third-order valence-corrected chi connectivity index (χ3v) is 4.04. The molecular weight excluding hydrogens is 258 g/mol. The summed E-state index contributed by atoms with van der Waals surface area (Å²) >= 11 is 6.00. The first-order valence-electron chi connectivity index (χ1n) is 6.40. The highest BCUT2D eigenvalue weighted by Crippen LogP contribution is 2.43. The highest BCUT2D eigenvalue weighted by atomic mass is 35.5. The second kappa shape index (κ2) is 4.64. The van der Waals surface area contributed by atoms with Crippen molar-refractivity contribution in [3.05, 3.63) is 70.2 Å². The minimum absolute atomic E-state index is 0.0969. The van der Waals surface area contributed by atoms with Crippen LogP contribution >= 0.6 is 11.6 Å². The fourth-order valence-electron chi connectivity index (χ4n) is 2.98. The molecule has 0 spiro atoms. The zero-order valence-corrected chi connectivity index (χ0v) is 11.3. The summed E-state index contributed by atoms with van der Waals surface area (Å²) < 4.78 is 0. The van der Waals surface area contributed by atoms with Crippen molar-refractivity contribution in [2.45, 2.75) is 24.5 Å². The molecule has 0 heterocycles. The molecule has 0 amide bonds. The van der Waals surface area contributed by atoms with Crippen LogP contribution in [0.4, 0.5) is 0 Å². The van der Waals surface area contributed by atoms with Crippen LogP contribution in [0, 0.1) is 0 Å². The van der Waals surface area contributed by atoms with Crippen LogP contribution in [-0.4, -0.2) is 5.11 Å². The largest absolute Gasteiger partial charge is 0.385 e. The summed E-state index contributed by atoms with van der Waals surface area (Å²) in [5.41, 5.74) is 8.25. The molecule has 0 aromatic heterocycles. The number of benzene rings is 2. The average Bonchev–Trinajstić information content (AvgIpc) is 2.62. The van der Waals surface area contributed by atoms with Crippen molar-refractivity contribution in [3.8, 4) is 0 Å². The highest BCUT2D eigenvalue weighted by Gasteiger charge is 2.40.